The van der Waals surface area contributed by atoms with Crippen LogP contribution in [-0.4, -0.2) is 0 Å². The minimum Gasteiger partial charge on any atom is -0.207 e. The van der Waals surface area contributed by atoms with Crippen LogP contribution >= 0.6 is 11.6 Å². The Labute approximate surface area is 122 Å². The Kier molecular flexibility index (Phi) is 3.70. The van der Waals surface area contributed by atoms with Gasteiger partial charge in [0.1, 0.15) is 5.82 Å². The van der Waals surface area contributed by atoms with Crippen molar-refractivity contribution in [3.8, 4) is 0 Å². The second-order valence-electron chi connectivity index (χ2n) is 4.86. The fourth-order valence-electron chi connectivity index (χ4n) is 2.48. The lowest BCUT2D eigenvalue weighted by Crippen LogP contribution is -1.97. The number of alkyl halides is 1. The van der Waals surface area contributed by atoms with E-state index in [9.17, 15) is 4.39 Å². The predicted octanol–water partition coefficient (Wildman–Crippen LogP) is 5.50. The lowest BCUT2D eigenvalue weighted by molar-refractivity contribution is 0.624. The Morgan fingerprint density at radius 3 is 2.50 bits per heavy atom. The first-order valence-corrected chi connectivity index (χ1v) is 7.04. The van der Waals surface area contributed by atoms with Crippen molar-refractivity contribution >= 4 is 22.4 Å². The highest BCUT2D eigenvalue weighted by Gasteiger charge is 2.11. The van der Waals surface area contributed by atoms with Crippen LogP contribution in [0.3, 0.4) is 0 Å². The molecule has 20 heavy (non-hydrogen) atoms. The van der Waals surface area contributed by atoms with Crippen molar-refractivity contribution in [2.45, 2.75) is 11.8 Å². The Bertz CT molecular complexity index is 731. The highest BCUT2D eigenvalue weighted by atomic mass is 35.5. The second-order valence-corrected chi connectivity index (χ2v) is 5.39. The van der Waals surface area contributed by atoms with E-state index in [-0.39, 0.29) is 11.2 Å². The molecule has 100 valence electrons. The maximum Gasteiger partial charge on any atom is 0.123 e. The molecule has 0 aliphatic rings. The molecule has 2 heteroatoms. The van der Waals surface area contributed by atoms with Gasteiger partial charge in [0, 0.05) is 0 Å². The number of benzene rings is 3. The largest absolute Gasteiger partial charge is 0.207 e. The average molecular weight is 285 g/mol. The molecule has 3 rings (SSSR count). The van der Waals surface area contributed by atoms with Crippen molar-refractivity contribution in [2.75, 3.05) is 0 Å². The zero-order chi connectivity index (χ0) is 13.9. The van der Waals surface area contributed by atoms with Crippen molar-refractivity contribution in [3.05, 3.63) is 83.7 Å². The van der Waals surface area contributed by atoms with Crippen LogP contribution in [0.15, 0.2) is 66.7 Å². The standard InChI is InChI=1S/C18H14ClF/c19-18(15-8-4-9-16(20)11-15)12-14-7-3-6-13-5-1-2-10-17(13)14/h1-11,18H,12H2. The van der Waals surface area contributed by atoms with E-state index >= 15 is 0 Å². The maximum atomic E-state index is 13.3. The van der Waals surface area contributed by atoms with Gasteiger partial charge in [-0.1, -0.05) is 54.6 Å². The van der Waals surface area contributed by atoms with Gasteiger partial charge in [-0.15, -0.1) is 11.6 Å². The van der Waals surface area contributed by atoms with E-state index in [1.54, 1.807) is 6.07 Å². The number of hydrogen-bond acceptors (Lipinski definition) is 0. The number of hydrogen-bond donors (Lipinski definition) is 0. The molecule has 0 aromatic heterocycles. The molecule has 0 amide bonds. The van der Waals surface area contributed by atoms with Crippen molar-refractivity contribution in [1.29, 1.82) is 0 Å². The highest BCUT2D eigenvalue weighted by Crippen LogP contribution is 2.29. The van der Waals surface area contributed by atoms with Gasteiger partial charge >= 0.3 is 0 Å². The van der Waals surface area contributed by atoms with Crippen LogP contribution in [0.4, 0.5) is 4.39 Å². The molecular weight excluding hydrogens is 271 g/mol. The van der Waals surface area contributed by atoms with E-state index in [1.165, 1.54) is 28.5 Å². The smallest absolute Gasteiger partial charge is 0.123 e. The summed E-state index contributed by atoms with van der Waals surface area (Å²) < 4.78 is 13.3. The zero-order valence-corrected chi connectivity index (χ0v) is 11.6. The molecule has 1 unspecified atom stereocenters. The minimum absolute atomic E-state index is 0.225. The van der Waals surface area contributed by atoms with Gasteiger partial charge in [-0.05, 0) is 40.5 Å². The van der Waals surface area contributed by atoms with Gasteiger partial charge in [-0.3, -0.25) is 0 Å². The van der Waals surface area contributed by atoms with E-state index < -0.39 is 0 Å². The van der Waals surface area contributed by atoms with Gasteiger partial charge in [0.25, 0.3) is 0 Å². The Morgan fingerprint density at radius 1 is 0.900 bits per heavy atom. The minimum atomic E-state index is -0.244. The van der Waals surface area contributed by atoms with Crippen molar-refractivity contribution in [1.82, 2.24) is 0 Å². The first-order chi connectivity index (χ1) is 9.74. The predicted molar refractivity (Wildman–Crippen MR) is 82.6 cm³/mol. The zero-order valence-electron chi connectivity index (χ0n) is 10.9. The fraction of sp³-hybridized carbons (Fsp3) is 0.111. The summed E-state index contributed by atoms with van der Waals surface area (Å²) in [5.74, 6) is -0.244. The third-order valence-corrected chi connectivity index (χ3v) is 3.90. The molecule has 0 saturated carbocycles. The molecule has 3 aromatic carbocycles. The number of halogens is 2. The van der Waals surface area contributed by atoms with Gasteiger partial charge < -0.3 is 0 Å². The van der Waals surface area contributed by atoms with E-state index in [0.29, 0.717) is 6.42 Å². The van der Waals surface area contributed by atoms with Crippen molar-refractivity contribution < 1.29 is 4.39 Å². The monoisotopic (exact) mass is 284 g/mol. The number of rotatable bonds is 3. The molecule has 1 atom stereocenters. The third-order valence-electron chi connectivity index (χ3n) is 3.49. The first kappa shape index (κ1) is 13.1. The summed E-state index contributed by atoms with van der Waals surface area (Å²) in [5.41, 5.74) is 2.01. The topological polar surface area (TPSA) is 0 Å². The summed E-state index contributed by atoms with van der Waals surface area (Å²) in [6.07, 6.45) is 0.687. The van der Waals surface area contributed by atoms with Crippen LogP contribution in [0, 0.1) is 5.82 Å². The summed E-state index contributed by atoms with van der Waals surface area (Å²) in [4.78, 5) is 0. The quantitative estimate of drug-likeness (QED) is 0.557. The molecule has 0 aliphatic heterocycles. The SMILES string of the molecule is Fc1cccc(C(Cl)Cc2cccc3ccccc23)c1. The molecule has 0 N–H and O–H groups in total. The van der Waals surface area contributed by atoms with Crippen LogP contribution in [-0.2, 0) is 6.42 Å². The fourth-order valence-corrected chi connectivity index (χ4v) is 2.78. The van der Waals surface area contributed by atoms with Crippen LogP contribution in [0.1, 0.15) is 16.5 Å². The normalized spacial score (nSPS) is 12.5. The lowest BCUT2D eigenvalue weighted by atomic mass is 9.98. The molecule has 0 heterocycles. The van der Waals surface area contributed by atoms with Crippen LogP contribution in [0.25, 0.3) is 10.8 Å². The molecule has 0 bridgehead atoms. The summed E-state index contributed by atoms with van der Waals surface area (Å²) in [6, 6.07) is 20.9. The Hall–Kier alpha value is -1.86. The highest BCUT2D eigenvalue weighted by molar-refractivity contribution is 6.21. The van der Waals surface area contributed by atoms with E-state index in [0.717, 1.165) is 5.56 Å². The molecule has 3 aromatic rings. The van der Waals surface area contributed by atoms with Gasteiger partial charge in [-0.2, -0.15) is 0 Å². The summed E-state index contributed by atoms with van der Waals surface area (Å²) in [5, 5.41) is 2.18. The van der Waals surface area contributed by atoms with Crippen LogP contribution in [0.2, 0.25) is 0 Å². The van der Waals surface area contributed by atoms with Gasteiger partial charge in [0.15, 0.2) is 0 Å². The molecule has 0 radical (unpaired) electrons. The average Bonchev–Trinajstić information content (AvgIpc) is 2.47. The van der Waals surface area contributed by atoms with Gasteiger partial charge in [0.05, 0.1) is 5.38 Å². The maximum absolute atomic E-state index is 13.3. The summed E-state index contributed by atoms with van der Waals surface area (Å²) in [7, 11) is 0. The lowest BCUT2D eigenvalue weighted by Gasteiger charge is -2.12. The molecule has 0 nitrogen and oxygen atoms in total. The van der Waals surface area contributed by atoms with E-state index in [1.807, 2.05) is 24.3 Å². The summed E-state index contributed by atoms with van der Waals surface area (Å²) >= 11 is 6.45. The second kappa shape index (κ2) is 5.64. The number of fused-ring (bicyclic) bond motifs is 1. The molecule has 0 aliphatic carbocycles. The molecule has 0 saturated heterocycles. The first-order valence-electron chi connectivity index (χ1n) is 6.60. The van der Waals surface area contributed by atoms with Crippen LogP contribution < -0.4 is 0 Å². The van der Waals surface area contributed by atoms with Gasteiger partial charge in [0.2, 0.25) is 0 Å². The van der Waals surface area contributed by atoms with Gasteiger partial charge in [-0.25, -0.2) is 4.39 Å². The van der Waals surface area contributed by atoms with Crippen molar-refractivity contribution in [3.63, 3.8) is 0 Å². The molecule has 0 spiro atoms. The third kappa shape index (κ3) is 2.68. The molecular formula is C18H14ClF. The Morgan fingerprint density at radius 2 is 1.65 bits per heavy atom. The van der Waals surface area contributed by atoms with E-state index in [4.69, 9.17) is 11.6 Å². The van der Waals surface area contributed by atoms with Crippen molar-refractivity contribution in [2.24, 2.45) is 0 Å². The Balaban J connectivity index is 1.93. The van der Waals surface area contributed by atoms with E-state index in [2.05, 4.69) is 24.3 Å². The van der Waals surface area contributed by atoms with Crippen LogP contribution in [0.5, 0.6) is 0 Å². The summed E-state index contributed by atoms with van der Waals surface area (Å²) in [6.45, 7) is 0. The molecule has 0 fully saturated rings.